The van der Waals surface area contributed by atoms with Gasteiger partial charge in [0.15, 0.2) is 0 Å². The maximum absolute atomic E-state index is 12.4. The molecule has 4 nitrogen and oxygen atoms in total. The summed E-state index contributed by atoms with van der Waals surface area (Å²) < 4.78 is 0. The van der Waals surface area contributed by atoms with Crippen molar-refractivity contribution in [3.8, 4) is 0 Å². The summed E-state index contributed by atoms with van der Waals surface area (Å²) in [6.45, 7) is 4.06. The normalized spacial score (nSPS) is 20.7. The molecule has 2 fully saturated rings. The zero-order valence-electron chi connectivity index (χ0n) is 14.7. The Morgan fingerprint density at radius 1 is 1.04 bits per heavy atom. The van der Waals surface area contributed by atoms with Gasteiger partial charge in [0.2, 0.25) is 0 Å². The van der Waals surface area contributed by atoms with E-state index < -0.39 is 0 Å². The van der Waals surface area contributed by atoms with Crippen LogP contribution in [0.5, 0.6) is 0 Å². The highest BCUT2D eigenvalue weighted by atomic mass is 16.2. The number of hydrogen-bond donors (Lipinski definition) is 2. The van der Waals surface area contributed by atoms with Crippen molar-refractivity contribution in [1.29, 1.82) is 0 Å². The van der Waals surface area contributed by atoms with Gasteiger partial charge in [-0.3, -0.25) is 0 Å². The van der Waals surface area contributed by atoms with E-state index in [9.17, 15) is 4.79 Å². The van der Waals surface area contributed by atoms with Crippen molar-refractivity contribution in [2.75, 3.05) is 26.2 Å². The summed E-state index contributed by atoms with van der Waals surface area (Å²) in [6, 6.07) is 10.6. The van der Waals surface area contributed by atoms with E-state index in [0.717, 1.165) is 13.1 Å². The molecule has 1 atom stereocenters. The van der Waals surface area contributed by atoms with Crippen molar-refractivity contribution in [1.82, 2.24) is 15.5 Å². The molecule has 24 heavy (non-hydrogen) atoms. The molecule has 0 spiro atoms. The molecular weight excluding hydrogens is 298 g/mol. The molecule has 1 aliphatic carbocycles. The van der Waals surface area contributed by atoms with Crippen LogP contribution in [0.25, 0.3) is 0 Å². The summed E-state index contributed by atoms with van der Waals surface area (Å²) in [5.74, 6) is 0.570. The Bertz CT molecular complexity index is 493. The van der Waals surface area contributed by atoms with Crippen LogP contribution < -0.4 is 10.6 Å². The Balaban J connectivity index is 1.49. The lowest BCUT2D eigenvalue weighted by Gasteiger charge is -2.27. The second-order valence-electron chi connectivity index (χ2n) is 7.24. The molecule has 1 aromatic rings. The van der Waals surface area contributed by atoms with Gasteiger partial charge in [-0.25, -0.2) is 4.79 Å². The zero-order valence-corrected chi connectivity index (χ0v) is 14.7. The minimum Gasteiger partial charge on any atom is -0.337 e. The molecule has 0 bridgehead atoms. The van der Waals surface area contributed by atoms with Crippen LogP contribution >= 0.6 is 0 Å². The molecule has 1 aromatic carbocycles. The first-order valence-electron chi connectivity index (χ1n) is 9.64. The van der Waals surface area contributed by atoms with Crippen LogP contribution in [-0.4, -0.2) is 37.1 Å². The van der Waals surface area contributed by atoms with Gasteiger partial charge in [-0.05, 0) is 50.3 Å². The Labute approximate surface area is 146 Å². The number of rotatable bonds is 6. The highest BCUT2D eigenvalue weighted by Crippen LogP contribution is 2.35. The summed E-state index contributed by atoms with van der Waals surface area (Å²) in [4.78, 5) is 14.8. The second kappa shape index (κ2) is 9.07. The zero-order chi connectivity index (χ0) is 16.6. The van der Waals surface area contributed by atoms with E-state index >= 15 is 0 Å². The fraction of sp³-hybridized carbons (Fsp3) is 0.650. The number of urea groups is 1. The molecular formula is C20H31N3O. The second-order valence-corrected chi connectivity index (χ2v) is 7.24. The van der Waals surface area contributed by atoms with E-state index in [4.69, 9.17) is 0 Å². The topological polar surface area (TPSA) is 44.4 Å². The summed E-state index contributed by atoms with van der Waals surface area (Å²) >= 11 is 0. The third-order valence-electron chi connectivity index (χ3n) is 5.48. The first-order chi connectivity index (χ1) is 11.8. The number of likely N-dealkylation sites (tertiary alicyclic amines) is 1. The van der Waals surface area contributed by atoms with Crippen molar-refractivity contribution in [3.05, 3.63) is 35.9 Å². The number of nitrogens with zero attached hydrogens (tertiary/aromatic N) is 1. The Morgan fingerprint density at radius 3 is 2.46 bits per heavy atom. The molecule has 1 saturated carbocycles. The van der Waals surface area contributed by atoms with Crippen LogP contribution in [0.2, 0.25) is 0 Å². The summed E-state index contributed by atoms with van der Waals surface area (Å²) in [6.07, 6.45) is 8.94. The summed E-state index contributed by atoms with van der Waals surface area (Å²) in [7, 11) is 0. The van der Waals surface area contributed by atoms with Crippen LogP contribution in [0, 0.1) is 5.92 Å². The van der Waals surface area contributed by atoms with Gasteiger partial charge in [0.25, 0.3) is 0 Å². The molecule has 0 aromatic heterocycles. The van der Waals surface area contributed by atoms with E-state index in [1.54, 1.807) is 0 Å². The van der Waals surface area contributed by atoms with Crippen LogP contribution in [-0.2, 0) is 0 Å². The maximum atomic E-state index is 12.4. The van der Waals surface area contributed by atoms with Crippen molar-refractivity contribution >= 4 is 6.03 Å². The molecule has 1 saturated heterocycles. The minimum absolute atomic E-state index is 0.0206. The number of hydrogen-bond acceptors (Lipinski definition) is 2. The van der Waals surface area contributed by atoms with Crippen molar-refractivity contribution in [3.63, 3.8) is 0 Å². The molecule has 1 unspecified atom stereocenters. The van der Waals surface area contributed by atoms with Crippen molar-refractivity contribution < 1.29 is 4.79 Å². The predicted octanol–water partition coefficient (Wildman–Crippen LogP) is 3.70. The van der Waals surface area contributed by atoms with E-state index in [2.05, 4.69) is 39.8 Å². The fourth-order valence-corrected chi connectivity index (χ4v) is 4.13. The lowest BCUT2D eigenvalue weighted by Crippen LogP contribution is -2.44. The number of amides is 2. The van der Waals surface area contributed by atoms with Gasteiger partial charge in [0, 0.05) is 13.1 Å². The molecule has 2 amide bonds. The van der Waals surface area contributed by atoms with E-state index in [1.807, 2.05) is 6.07 Å². The average molecular weight is 329 g/mol. The Kier molecular flexibility index (Phi) is 6.53. The monoisotopic (exact) mass is 329 g/mol. The average Bonchev–Trinajstić information content (AvgIpc) is 3.16. The van der Waals surface area contributed by atoms with Crippen molar-refractivity contribution in [2.24, 2.45) is 5.92 Å². The van der Waals surface area contributed by atoms with Gasteiger partial charge in [-0.15, -0.1) is 0 Å². The third kappa shape index (κ3) is 4.97. The van der Waals surface area contributed by atoms with Gasteiger partial charge in [-0.2, -0.15) is 0 Å². The van der Waals surface area contributed by atoms with E-state index in [-0.39, 0.29) is 12.1 Å². The van der Waals surface area contributed by atoms with Gasteiger partial charge >= 0.3 is 6.03 Å². The highest BCUT2D eigenvalue weighted by molar-refractivity contribution is 5.74. The molecule has 0 radical (unpaired) electrons. The quantitative estimate of drug-likeness (QED) is 0.836. The van der Waals surface area contributed by atoms with Crippen LogP contribution in [0.4, 0.5) is 4.79 Å². The SMILES string of the molecule is O=C(NCCN1CCCCC1)NC(c1ccccc1)C1CCCC1. The third-order valence-corrected chi connectivity index (χ3v) is 5.48. The summed E-state index contributed by atoms with van der Waals surface area (Å²) in [5.41, 5.74) is 1.23. The van der Waals surface area contributed by atoms with E-state index in [0.29, 0.717) is 5.92 Å². The maximum Gasteiger partial charge on any atom is 0.315 e. The number of carbonyl (C=O) groups is 1. The molecule has 132 valence electrons. The largest absolute Gasteiger partial charge is 0.337 e. The standard InChI is InChI=1S/C20H31N3O/c24-20(21-13-16-23-14-7-2-8-15-23)22-19(18-11-5-6-12-18)17-9-3-1-4-10-17/h1,3-4,9-10,18-19H,2,5-8,11-16H2,(H2,21,22,24). The van der Waals surface area contributed by atoms with Gasteiger partial charge < -0.3 is 15.5 Å². The molecule has 2 aliphatic rings. The van der Waals surface area contributed by atoms with Crippen LogP contribution in [0.15, 0.2) is 30.3 Å². The van der Waals surface area contributed by atoms with Gasteiger partial charge in [0.1, 0.15) is 0 Å². The first-order valence-corrected chi connectivity index (χ1v) is 9.64. The molecule has 4 heteroatoms. The smallest absolute Gasteiger partial charge is 0.315 e. The predicted molar refractivity (Wildman–Crippen MR) is 98.0 cm³/mol. The molecule has 1 aliphatic heterocycles. The molecule has 1 heterocycles. The van der Waals surface area contributed by atoms with Gasteiger partial charge in [-0.1, -0.05) is 49.6 Å². The van der Waals surface area contributed by atoms with Crippen LogP contribution in [0.1, 0.15) is 56.6 Å². The summed E-state index contributed by atoms with van der Waals surface area (Å²) in [5, 5.41) is 6.31. The number of nitrogens with one attached hydrogen (secondary N) is 2. The van der Waals surface area contributed by atoms with Crippen molar-refractivity contribution in [2.45, 2.75) is 51.0 Å². The highest BCUT2D eigenvalue weighted by Gasteiger charge is 2.27. The minimum atomic E-state index is -0.0206. The number of benzene rings is 1. The molecule has 2 N–H and O–H groups in total. The number of carbonyl (C=O) groups excluding carboxylic acids is 1. The van der Waals surface area contributed by atoms with Gasteiger partial charge in [0.05, 0.1) is 6.04 Å². The Hall–Kier alpha value is -1.55. The first kappa shape index (κ1) is 17.3. The molecule has 3 rings (SSSR count). The number of piperidine rings is 1. The van der Waals surface area contributed by atoms with Crippen LogP contribution in [0.3, 0.4) is 0 Å². The lowest BCUT2D eigenvalue weighted by molar-refractivity contribution is 0.216. The van der Waals surface area contributed by atoms with E-state index in [1.165, 1.54) is 63.6 Å². The lowest BCUT2D eigenvalue weighted by atomic mass is 9.92. The fourth-order valence-electron chi connectivity index (χ4n) is 4.13. The Morgan fingerprint density at radius 2 is 1.75 bits per heavy atom.